The van der Waals surface area contributed by atoms with E-state index in [9.17, 15) is 4.79 Å². The van der Waals surface area contributed by atoms with Crippen molar-refractivity contribution in [2.24, 2.45) is 0 Å². The molecule has 0 saturated carbocycles. The first-order valence-corrected chi connectivity index (χ1v) is 4.54. The SMILES string of the molecule is COC(=O)/C=C1/CCc2cccnc21. The Morgan fingerprint density at radius 3 is 3.21 bits per heavy atom. The predicted octanol–water partition coefficient (Wildman–Crippen LogP) is 1.58. The first kappa shape index (κ1) is 8.94. The van der Waals surface area contributed by atoms with Gasteiger partial charge in [-0.3, -0.25) is 4.98 Å². The van der Waals surface area contributed by atoms with Crippen LogP contribution >= 0.6 is 0 Å². The van der Waals surface area contributed by atoms with Gasteiger partial charge in [0.15, 0.2) is 0 Å². The topological polar surface area (TPSA) is 39.2 Å². The summed E-state index contributed by atoms with van der Waals surface area (Å²) in [5, 5.41) is 0. The number of methoxy groups -OCH3 is 1. The third-order valence-corrected chi connectivity index (χ3v) is 2.35. The van der Waals surface area contributed by atoms with Gasteiger partial charge in [0.1, 0.15) is 0 Å². The van der Waals surface area contributed by atoms with Crippen LogP contribution in [0.15, 0.2) is 24.4 Å². The molecule has 1 aromatic heterocycles. The number of hydrogen-bond acceptors (Lipinski definition) is 3. The molecule has 72 valence electrons. The summed E-state index contributed by atoms with van der Waals surface area (Å²) in [4.78, 5) is 15.3. The lowest BCUT2D eigenvalue weighted by atomic mass is 10.2. The number of carbonyl (C=O) groups is 1. The van der Waals surface area contributed by atoms with Gasteiger partial charge in [0.05, 0.1) is 12.8 Å². The fourth-order valence-electron chi connectivity index (χ4n) is 1.66. The van der Waals surface area contributed by atoms with Crippen LogP contribution in [0.5, 0.6) is 0 Å². The van der Waals surface area contributed by atoms with Crippen LogP contribution in [0.4, 0.5) is 0 Å². The van der Waals surface area contributed by atoms with E-state index in [1.165, 1.54) is 18.7 Å². The Balaban J connectivity index is 2.35. The number of nitrogens with zero attached hydrogens (tertiary/aromatic N) is 1. The van der Waals surface area contributed by atoms with Crippen molar-refractivity contribution in [3.63, 3.8) is 0 Å². The number of esters is 1. The maximum atomic E-state index is 11.1. The van der Waals surface area contributed by atoms with Crippen molar-refractivity contribution in [1.29, 1.82) is 0 Å². The summed E-state index contributed by atoms with van der Waals surface area (Å²) in [6.07, 6.45) is 5.11. The second-order valence-corrected chi connectivity index (χ2v) is 3.20. The highest BCUT2D eigenvalue weighted by Gasteiger charge is 2.17. The molecule has 14 heavy (non-hydrogen) atoms. The van der Waals surface area contributed by atoms with Crippen LogP contribution in [0.25, 0.3) is 5.57 Å². The molecule has 1 aliphatic carbocycles. The van der Waals surface area contributed by atoms with E-state index >= 15 is 0 Å². The zero-order valence-corrected chi connectivity index (χ0v) is 7.99. The molecule has 3 nitrogen and oxygen atoms in total. The third-order valence-electron chi connectivity index (χ3n) is 2.35. The van der Waals surface area contributed by atoms with Gasteiger partial charge in [-0.15, -0.1) is 0 Å². The molecule has 0 radical (unpaired) electrons. The van der Waals surface area contributed by atoms with Crippen LogP contribution in [0, 0.1) is 0 Å². The Bertz CT molecular complexity index is 396. The molecule has 3 heteroatoms. The Hall–Kier alpha value is -1.64. The summed E-state index contributed by atoms with van der Waals surface area (Å²) < 4.78 is 4.58. The van der Waals surface area contributed by atoms with E-state index in [1.54, 1.807) is 6.20 Å². The molecule has 1 heterocycles. The number of hydrogen-bond donors (Lipinski definition) is 0. The average molecular weight is 189 g/mol. The molecule has 1 aromatic rings. The second-order valence-electron chi connectivity index (χ2n) is 3.20. The molecule has 0 saturated heterocycles. The largest absolute Gasteiger partial charge is 0.466 e. The number of aryl methyl sites for hydroxylation is 1. The minimum Gasteiger partial charge on any atom is -0.466 e. The first-order valence-electron chi connectivity index (χ1n) is 4.54. The second kappa shape index (κ2) is 3.62. The van der Waals surface area contributed by atoms with Crippen molar-refractivity contribution in [2.75, 3.05) is 7.11 Å². The predicted molar refractivity (Wildman–Crippen MR) is 52.6 cm³/mol. The maximum Gasteiger partial charge on any atom is 0.330 e. The van der Waals surface area contributed by atoms with Gasteiger partial charge in [-0.1, -0.05) is 6.07 Å². The quantitative estimate of drug-likeness (QED) is 0.497. The van der Waals surface area contributed by atoms with E-state index in [0.29, 0.717) is 0 Å². The van der Waals surface area contributed by atoms with Crippen molar-refractivity contribution >= 4 is 11.5 Å². The molecule has 0 amide bonds. The van der Waals surface area contributed by atoms with Crippen molar-refractivity contribution in [3.05, 3.63) is 35.7 Å². The molecule has 2 rings (SSSR count). The van der Waals surface area contributed by atoms with Crippen molar-refractivity contribution in [2.45, 2.75) is 12.8 Å². The Kier molecular flexibility index (Phi) is 2.31. The fourth-order valence-corrected chi connectivity index (χ4v) is 1.66. The summed E-state index contributed by atoms with van der Waals surface area (Å²) >= 11 is 0. The maximum absolute atomic E-state index is 11.1. The number of rotatable bonds is 1. The summed E-state index contributed by atoms with van der Waals surface area (Å²) in [6.45, 7) is 0. The first-order chi connectivity index (χ1) is 6.81. The Morgan fingerprint density at radius 2 is 2.43 bits per heavy atom. The van der Waals surface area contributed by atoms with Crippen LogP contribution in [0.3, 0.4) is 0 Å². The van der Waals surface area contributed by atoms with Crippen molar-refractivity contribution in [1.82, 2.24) is 4.98 Å². The van der Waals surface area contributed by atoms with Crippen molar-refractivity contribution in [3.8, 4) is 0 Å². The van der Waals surface area contributed by atoms with Crippen LogP contribution in [0.1, 0.15) is 17.7 Å². The minimum atomic E-state index is -0.307. The number of pyridine rings is 1. The van der Waals surface area contributed by atoms with Gasteiger partial charge in [0.2, 0.25) is 0 Å². The lowest BCUT2D eigenvalue weighted by Crippen LogP contribution is -1.96. The third kappa shape index (κ3) is 1.53. The highest BCUT2D eigenvalue weighted by molar-refractivity contribution is 5.92. The molecule has 0 spiro atoms. The molecule has 0 atom stereocenters. The summed E-state index contributed by atoms with van der Waals surface area (Å²) in [7, 11) is 1.38. The highest BCUT2D eigenvalue weighted by Crippen LogP contribution is 2.29. The number of fused-ring (bicyclic) bond motifs is 1. The fraction of sp³-hybridized carbons (Fsp3) is 0.273. The Labute approximate surface area is 82.4 Å². The molecule has 0 aromatic carbocycles. The van der Waals surface area contributed by atoms with Gasteiger partial charge < -0.3 is 4.74 Å². The number of ether oxygens (including phenoxy) is 1. The lowest BCUT2D eigenvalue weighted by molar-refractivity contribution is -0.134. The van der Waals surface area contributed by atoms with Gasteiger partial charge in [-0.2, -0.15) is 0 Å². The molecule has 0 fully saturated rings. The molecule has 0 N–H and O–H groups in total. The molecular formula is C11H11NO2. The zero-order chi connectivity index (χ0) is 9.97. The highest BCUT2D eigenvalue weighted by atomic mass is 16.5. The molecule has 0 aliphatic heterocycles. The normalized spacial score (nSPS) is 16.8. The van der Waals surface area contributed by atoms with Gasteiger partial charge in [-0.05, 0) is 30.0 Å². The van der Waals surface area contributed by atoms with Crippen molar-refractivity contribution < 1.29 is 9.53 Å². The van der Waals surface area contributed by atoms with Crippen LogP contribution in [0.2, 0.25) is 0 Å². The van der Waals surface area contributed by atoms with Crippen LogP contribution in [-0.2, 0) is 16.0 Å². The van der Waals surface area contributed by atoms with Gasteiger partial charge >= 0.3 is 5.97 Å². The van der Waals surface area contributed by atoms with E-state index < -0.39 is 0 Å². The number of aromatic nitrogens is 1. The van der Waals surface area contributed by atoms with Crippen LogP contribution < -0.4 is 0 Å². The molecule has 1 aliphatic rings. The summed E-state index contributed by atoms with van der Waals surface area (Å²) in [5.41, 5.74) is 3.13. The molecule has 0 bridgehead atoms. The van der Waals surface area contributed by atoms with E-state index in [-0.39, 0.29) is 5.97 Å². The summed E-state index contributed by atoms with van der Waals surface area (Å²) in [5.74, 6) is -0.307. The van der Waals surface area contributed by atoms with Gasteiger partial charge in [0.25, 0.3) is 0 Å². The lowest BCUT2D eigenvalue weighted by Gasteiger charge is -1.98. The van der Waals surface area contributed by atoms with Gasteiger partial charge in [-0.25, -0.2) is 4.79 Å². The molecule has 0 unspecified atom stereocenters. The van der Waals surface area contributed by atoms with E-state index in [2.05, 4.69) is 9.72 Å². The smallest absolute Gasteiger partial charge is 0.330 e. The summed E-state index contributed by atoms with van der Waals surface area (Å²) in [6, 6.07) is 3.96. The average Bonchev–Trinajstić information content (AvgIpc) is 2.62. The Morgan fingerprint density at radius 1 is 1.57 bits per heavy atom. The van der Waals surface area contributed by atoms with E-state index in [0.717, 1.165) is 24.1 Å². The minimum absolute atomic E-state index is 0.307. The standard InChI is InChI=1S/C11H11NO2/c1-14-10(13)7-9-5-4-8-3-2-6-12-11(8)9/h2-3,6-7H,4-5H2,1H3/b9-7-. The molecular weight excluding hydrogens is 178 g/mol. The van der Waals surface area contributed by atoms with Gasteiger partial charge in [0, 0.05) is 12.3 Å². The van der Waals surface area contributed by atoms with E-state index in [4.69, 9.17) is 0 Å². The number of allylic oxidation sites excluding steroid dienone is 1. The van der Waals surface area contributed by atoms with E-state index in [1.807, 2.05) is 12.1 Å². The number of carbonyl (C=O) groups excluding carboxylic acids is 1. The monoisotopic (exact) mass is 189 g/mol. The zero-order valence-electron chi connectivity index (χ0n) is 7.99. The van der Waals surface area contributed by atoms with Crippen LogP contribution in [-0.4, -0.2) is 18.1 Å².